The highest BCUT2D eigenvalue weighted by molar-refractivity contribution is 7.88. The molecule has 168 valence electrons. The maximum absolute atomic E-state index is 11.9. The zero-order valence-electron chi connectivity index (χ0n) is 18.9. The first kappa shape index (κ1) is 22.2. The summed E-state index contributed by atoms with van der Waals surface area (Å²) >= 11 is 0. The monoisotopic (exact) mass is 451 g/mol. The van der Waals surface area contributed by atoms with Crippen LogP contribution in [0.3, 0.4) is 0 Å². The smallest absolute Gasteiger partial charge is 0.209 e. The normalized spacial score (nSPS) is 12.6. The Morgan fingerprint density at radius 3 is 2.44 bits per heavy atom. The van der Waals surface area contributed by atoms with Gasteiger partial charge < -0.3 is 10.3 Å². The summed E-state index contributed by atoms with van der Waals surface area (Å²) in [6, 6.07) is 16.3. The van der Waals surface area contributed by atoms with Gasteiger partial charge in [0.05, 0.1) is 17.3 Å². The lowest BCUT2D eigenvalue weighted by Gasteiger charge is -2.27. The maximum atomic E-state index is 11.9. The molecular weight excluding hydrogens is 422 g/mol. The second kappa shape index (κ2) is 8.18. The van der Waals surface area contributed by atoms with Crippen molar-refractivity contribution in [2.45, 2.75) is 45.7 Å². The highest BCUT2D eigenvalue weighted by Gasteiger charge is 2.26. The van der Waals surface area contributed by atoms with Gasteiger partial charge in [0.15, 0.2) is 5.82 Å². The second-order valence-corrected chi connectivity index (χ2v) is 10.7. The minimum Gasteiger partial charge on any atom is -0.382 e. The zero-order chi connectivity index (χ0) is 23.1. The molecular formula is C24H29N5O2S. The van der Waals surface area contributed by atoms with Gasteiger partial charge in [-0.25, -0.2) is 23.1 Å². The zero-order valence-corrected chi connectivity index (χ0v) is 19.7. The van der Waals surface area contributed by atoms with Gasteiger partial charge in [-0.15, -0.1) is 0 Å². The molecule has 0 spiro atoms. The van der Waals surface area contributed by atoms with E-state index in [0.29, 0.717) is 17.9 Å². The van der Waals surface area contributed by atoms with Crippen molar-refractivity contribution in [2.75, 3.05) is 12.0 Å². The highest BCUT2D eigenvalue weighted by atomic mass is 32.2. The molecule has 0 aliphatic heterocycles. The number of sulfonamides is 1. The molecule has 0 fully saturated rings. The van der Waals surface area contributed by atoms with Crippen molar-refractivity contribution in [3.63, 3.8) is 0 Å². The molecule has 3 N–H and O–H groups in total. The molecule has 7 nitrogen and oxygen atoms in total. The number of nitrogen functional groups attached to an aromatic ring is 1. The number of anilines is 1. The summed E-state index contributed by atoms with van der Waals surface area (Å²) in [5.74, 6) is 1.25. The highest BCUT2D eigenvalue weighted by Crippen LogP contribution is 2.33. The van der Waals surface area contributed by atoms with Crippen molar-refractivity contribution < 1.29 is 8.42 Å². The summed E-state index contributed by atoms with van der Waals surface area (Å²) in [5, 5.41) is 0.943. The molecule has 2 aromatic carbocycles. The Morgan fingerprint density at radius 1 is 1.06 bits per heavy atom. The lowest BCUT2D eigenvalue weighted by atomic mass is 10.0. The van der Waals surface area contributed by atoms with Crippen molar-refractivity contribution in [2.24, 2.45) is 0 Å². The Morgan fingerprint density at radius 2 is 1.78 bits per heavy atom. The molecule has 2 heterocycles. The number of hydrogen-bond donors (Lipinski definition) is 2. The van der Waals surface area contributed by atoms with Gasteiger partial charge in [0.25, 0.3) is 0 Å². The number of nitrogens with one attached hydrogen (secondary N) is 1. The molecule has 4 aromatic rings. The first-order valence-electron chi connectivity index (χ1n) is 10.7. The number of hydrogen-bond acceptors (Lipinski definition) is 5. The number of pyridine rings is 1. The number of aromatic nitrogens is 3. The van der Waals surface area contributed by atoms with Gasteiger partial charge in [0.1, 0.15) is 11.3 Å². The Kier molecular flexibility index (Phi) is 5.68. The minimum absolute atomic E-state index is 0.377. The van der Waals surface area contributed by atoms with Crippen molar-refractivity contribution in [1.29, 1.82) is 0 Å². The van der Waals surface area contributed by atoms with Crippen LogP contribution in [0.5, 0.6) is 0 Å². The van der Waals surface area contributed by atoms with Crippen LogP contribution >= 0.6 is 0 Å². The lowest BCUT2D eigenvalue weighted by molar-refractivity contribution is 0.390. The molecule has 0 saturated carbocycles. The van der Waals surface area contributed by atoms with Crippen LogP contribution in [-0.4, -0.2) is 34.7 Å². The van der Waals surface area contributed by atoms with E-state index < -0.39 is 15.6 Å². The fraction of sp³-hybridized carbons (Fsp3) is 0.333. The van der Waals surface area contributed by atoms with Crippen LogP contribution in [0.15, 0.2) is 48.5 Å². The van der Waals surface area contributed by atoms with E-state index >= 15 is 0 Å². The number of aryl methyl sites for hydroxylation is 1. The van der Waals surface area contributed by atoms with Crippen molar-refractivity contribution in [3.05, 3.63) is 54.4 Å². The summed E-state index contributed by atoms with van der Waals surface area (Å²) in [6.07, 6.45) is 2.84. The molecule has 0 atom stereocenters. The minimum atomic E-state index is -3.37. The Labute approximate surface area is 188 Å². The van der Waals surface area contributed by atoms with Gasteiger partial charge in [-0.05, 0) is 37.5 Å². The van der Waals surface area contributed by atoms with E-state index in [2.05, 4.69) is 45.5 Å². The number of nitrogens with two attached hydrogens (primary N) is 1. The molecule has 32 heavy (non-hydrogen) atoms. The van der Waals surface area contributed by atoms with E-state index in [1.165, 1.54) is 6.26 Å². The van der Waals surface area contributed by atoms with Gasteiger partial charge in [-0.1, -0.05) is 49.4 Å². The van der Waals surface area contributed by atoms with Crippen molar-refractivity contribution >= 4 is 37.8 Å². The standard InChI is InChI=1S/C24H29N5O2S/c1-5-9-20-27-21-22(29(20)15-24(2,3)28-32(4,30)31)18-13-12-17(14-19(18)26-23(21)25)16-10-7-6-8-11-16/h6-8,10-14,28H,5,9,15H2,1-4H3,(H2,25,26). The van der Waals surface area contributed by atoms with E-state index in [9.17, 15) is 8.42 Å². The maximum Gasteiger partial charge on any atom is 0.209 e. The molecule has 2 aromatic heterocycles. The average molecular weight is 452 g/mol. The number of imidazole rings is 1. The fourth-order valence-corrected chi connectivity index (χ4v) is 5.35. The molecule has 0 aliphatic rings. The molecule has 0 amide bonds. The van der Waals surface area contributed by atoms with Crippen LogP contribution in [0.1, 0.15) is 33.0 Å². The SMILES string of the molecule is CCCc1nc2c(N)nc3cc(-c4ccccc4)ccc3c2n1CC(C)(C)NS(C)(=O)=O. The van der Waals surface area contributed by atoms with E-state index in [4.69, 9.17) is 10.7 Å². The lowest BCUT2D eigenvalue weighted by Crippen LogP contribution is -2.46. The summed E-state index contributed by atoms with van der Waals surface area (Å²) < 4.78 is 28.7. The summed E-state index contributed by atoms with van der Waals surface area (Å²) in [5.41, 5.74) is 10.1. The number of rotatable bonds is 7. The largest absolute Gasteiger partial charge is 0.382 e. The molecule has 8 heteroatoms. The molecule has 0 saturated heterocycles. The topological polar surface area (TPSA) is 103 Å². The first-order chi connectivity index (χ1) is 15.1. The van der Waals surface area contributed by atoms with Gasteiger partial charge in [-0.3, -0.25) is 0 Å². The number of nitrogens with zero attached hydrogens (tertiary/aromatic N) is 3. The van der Waals surface area contributed by atoms with E-state index in [1.54, 1.807) is 0 Å². The Hall–Kier alpha value is -2.97. The average Bonchev–Trinajstić information content (AvgIpc) is 3.05. The molecule has 0 aliphatic carbocycles. The second-order valence-electron chi connectivity index (χ2n) is 8.91. The molecule has 0 unspecified atom stereocenters. The van der Waals surface area contributed by atoms with Crippen LogP contribution in [0.25, 0.3) is 33.1 Å². The van der Waals surface area contributed by atoms with Crippen LogP contribution in [0.4, 0.5) is 5.82 Å². The number of fused-ring (bicyclic) bond motifs is 3. The molecule has 0 bridgehead atoms. The van der Waals surface area contributed by atoms with Crippen molar-refractivity contribution in [1.82, 2.24) is 19.3 Å². The Bertz CT molecular complexity index is 1390. The van der Waals surface area contributed by atoms with Gasteiger partial charge in [-0.2, -0.15) is 0 Å². The predicted molar refractivity (Wildman–Crippen MR) is 131 cm³/mol. The molecule has 0 radical (unpaired) electrons. The third-order valence-electron chi connectivity index (χ3n) is 5.38. The number of benzene rings is 2. The van der Waals surface area contributed by atoms with Crippen LogP contribution < -0.4 is 10.5 Å². The predicted octanol–water partition coefficient (Wildman–Crippen LogP) is 4.11. The van der Waals surface area contributed by atoms with Gasteiger partial charge >= 0.3 is 0 Å². The van der Waals surface area contributed by atoms with Crippen LogP contribution in [0.2, 0.25) is 0 Å². The van der Waals surface area contributed by atoms with Crippen LogP contribution in [0, 0.1) is 0 Å². The van der Waals surface area contributed by atoms with Crippen LogP contribution in [-0.2, 0) is 23.0 Å². The molecule has 4 rings (SSSR count). The van der Waals surface area contributed by atoms with E-state index in [-0.39, 0.29) is 0 Å². The third kappa shape index (κ3) is 4.47. The van der Waals surface area contributed by atoms with Gasteiger partial charge in [0, 0.05) is 23.9 Å². The summed E-state index contributed by atoms with van der Waals surface area (Å²) in [7, 11) is -3.37. The van der Waals surface area contributed by atoms with E-state index in [1.807, 2.05) is 38.1 Å². The quantitative estimate of drug-likeness (QED) is 0.440. The fourth-order valence-electron chi connectivity index (χ4n) is 4.28. The summed E-state index contributed by atoms with van der Waals surface area (Å²) in [6.45, 7) is 6.26. The van der Waals surface area contributed by atoms with Crippen molar-refractivity contribution in [3.8, 4) is 11.1 Å². The Balaban J connectivity index is 1.94. The van der Waals surface area contributed by atoms with E-state index in [0.717, 1.165) is 46.2 Å². The third-order valence-corrected chi connectivity index (χ3v) is 6.30. The summed E-state index contributed by atoms with van der Waals surface area (Å²) in [4.78, 5) is 9.46. The van der Waals surface area contributed by atoms with Gasteiger partial charge in [0.2, 0.25) is 10.0 Å². The first-order valence-corrected chi connectivity index (χ1v) is 12.6.